The van der Waals surface area contributed by atoms with E-state index < -0.39 is 4.92 Å². The summed E-state index contributed by atoms with van der Waals surface area (Å²) in [6.07, 6.45) is 1.41. The number of hydrogen-bond acceptors (Lipinski definition) is 5. The molecule has 72 valence electrons. The van der Waals surface area contributed by atoms with Crippen LogP contribution in [0.3, 0.4) is 0 Å². The van der Waals surface area contributed by atoms with Gasteiger partial charge < -0.3 is 15.8 Å². The van der Waals surface area contributed by atoms with Gasteiger partial charge in [-0.3, -0.25) is 5.10 Å². The van der Waals surface area contributed by atoms with Gasteiger partial charge in [0, 0.05) is 0 Å². The number of nitrogens with one attached hydrogen (secondary N) is 2. The van der Waals surface area contributed by atoms with Gasteiger partial charge in [-0.2, -0.15) is 5.10 Å². The minimum absolute atomic E-state index is 0.186. The van der Waals surface area contributed by atoms with E-state index in [0.717, 1.165) is 0 Å². The first-order valence-corrected chi connectivity index (χ1v) is 3.67. The maximum atomic E-state index is 10.3. The van der Waals surface area contributed by atoms with E-state index in [4.69, 9.17) is 5.73 Å². The summed E-state index contributed by atoms with van der Waals surface area (Å²) in [6.45, 7) is 0. The van der Waals surface area contributed by atoms with Gasteiger partial charge in [0.1, 0.15) is 11.4 Å². The topological polar surface area (TPSA) is 127 Å². The van der Waals surface area contributed by atoms with Crippen molar-refractivity contribution in [1.82, 2.24) is 20.4 Å². The van der Waals surface area contributed by atoms with E-state index in [1.54, 1.807) is 0 Å². The van der Waals surface area contributed by atoms with Crippen molar-refractivity contribution in [3.8, 4) is 11.4 Å². The highest BCUT2D eigenvalue weighted by Gasteiger charge is 2.14. The van der Waals surface area contributed by atoms with Crippen molar-refractivity contribution in [3.05, 3.63) is 22.4 Å². The average molecular weight is 194 g/mol. The van der Waals surface area contributed by atoms with Crippen molar-refractivity contribution in [2.75, 3.05) is 5.73 Å². The van der Waals surface area contributed by atoms with Crippen LogP contribution in [0.15, 0.2) is 12.3 Å². The lowest BCUT2D eigenvalue weighted by atomic mass is 10.3. The first-order chi connectivity index (χ1) is 6.68. The van der Waals surface area contributed by atoms with E-state index in [-0.39, 0.29) is 5.82 Å². The molecule has 0 aliphatic carbocycles. The molecule has 0 aromatic carbocycles. The molecule has 0 unspecified atom stereocenters. The van der Waals surface area contributed by atoms with Crippen LogP contribution >= 0.6 is 0 Å². The van der Waals surface area contributed by atoms with E-state index >= 15 is 0 Å². The number of nitro groups is 1. The normalized spacial score (nSPS) is 10.3. The third kappa shape index (κ3) is 1.18. The van der Waals surface area contributed by atoms with Crippen LogP contribution < -0.4 is 5.73 Å². The van der Waals surface area contributed by atoms with Gasteiger partial charge in [-0.15, -0.1) is 5.10 Å². The molecule has 4 N–H and O–H groups in total. The minimum atomic E-state index is -0.566. The third-order valence-electron chi connectivity index (χ3n) is 1.69. The zero-order chi connectivity index (χ0) is 10.1. The summed E-state index contributed by atoms with van der Waals surface area (Å²) in [5.74, 6) is -0.186. The van der Waals surface area contributed by atoms with Crippen LogP contribution in [-0.4, -0.2) is 25.3 Å². The second-order valence-electron chi connectivity index (χ2n) is 2.60. The predicted molar refractivity (Wildman–Crippen MR) is 47.2 cm³/mol. The smallest absolute Gasteiger partial charge is 0.343 e. The minimum Gasteiger partial charge on any atom is -0.396 e. The van der Waals surface area contributed by atoms with Gasteiger partial charge in [-0.25, -0.2) is 0 Å². The number of rotatable bonds is 2. The van der Waals surface area contributed by atoms with Gasteiger partial charge in [0.05, 0.1) is 18.0 Å². The van der Waals surface area contributed by atoms with Crippen molar-refractivity contribution >= 4 is 11.5 Å². The first kappa shape index (κ1) is 8.23. The summed E-state index contributed by atoms with van der Waals surface area (Å²) in [5, 5.41) is 22.6. The van der Waals surface area contributed by atoms with E-state index in [1.807, 2.05) is 0 Å². The fourth-order valence-corrected chi connectivity index (χ4v) is 1.03. The Bertz CT molecular complexity index is 472. The van der Waals surface area contributed by atoms with Crippen LogP contribution in [-0.2, 0) is 0 Å². The molecule has 0 aliphatic rings. The molecule has 2 rings (SSSR count). The van der Waals surface area contributed by atoms with Crippen LogP contribution in [0.25, 0.3) is 11.4 Å². The van der Waals surface area contributed by atoms with E-state index in [1.165, 1.54) is 12.3 Å². The van der Waals surface area contributed by atoms with Gasteiger partial charge in [0.25, 0.3) is 0 Å². The Balaban J connectivity index is 2.43. The Morgan fingerprint density at radius 2 is 2.29 bits per heavy atom. The van der Waals surface area contributed by atoms with Gasteiger partial charge >= 0.3 is 5.82 Å². The van der Waals surface area contributed by atoms with Crippen molar-refractivity contribution in [1.29, 1.82) is 0 Å². The molecule has 0 bridgehead atoms. The number of nitrogens with two attached hydrogens (primary N) is 1. The molecule has 0 spiro atoms. The molecule has 0 radical (unpaired) electrons. The second kappa shape index (κ2) is 2.83. The number of H-pyrrole nitrogens is 2. The maximum Gasteiger partial charge on any atom is 0.343 e. The van der Waals surface area contributed by atoms with Crippen molar-refractivity contribution in [3.63, 3.8) is 0 Å². The van der Waals surface area contributed by atoms with Gasteiger partial charge in [-0.05, 0) is 4.92 Å². The lowest BCUT2D eigenvalue weighted by molar-refractivity contribution is -0.389. The Labute approximate surface area is 77.3 Å². The van der Waals surface area contributed by atoms with Crippen LogP contribution in [0.2, 0.25) is 0 Å². The molecule has 2 aromatic rings. The zero-order valence-corrected chi connectivity index (χ0v) is 6.89. The van der Waals surface area contributed by atoms with Crippen LogP contribution in [0.1, 0.15) is 0 Å². The molecule has 8 heteroatoms. The fourth-order valence-electron chi connectivity index (χ4n) is 1.03. The highest BCUT2D eigenvalue weighted by Crippen LogP contribution is 2.23. The Morgan fingerprint density at radius 3 is 2.79 bits per heavy atom. The van der Waals surface area contributed by atoms with Crippen LogP contribution in [0, 0.1) is 10.1 Å². The SMILES string of the molecule is Nc1cn[nH]c1-c1cc([N+](=O)[O-])[nH]n1. The molecule has 2 aromatic heterocycles. The number of anilines is 1. The van der Waals surface area contributed by atoms with E-state index in [0.29, 0.717) is 17.1 Å². The third-order valence-corrected chi connectivity index (χ3v) is 1.69. The maximum absolute atomic E-state index is 10.3. The van der Waals surface area contributed by atoms with Crippen molar-refractivity contribution in [2.24, 2.45) is 0 Å². The molecule has 0 saturated heterocycles. The van der Waals surface area contributed by atoms with E-state index in [9.17, 15) is 10.1 Å². The molecule has 2 heterocycles. The molecule has 0 atom stereocenters. The fraction of sp³-hybridized carbons (Fsp3) is 0. The molecule has 0 aliphatic heterocycles. The standard InChI is InChI=1S/C6H6N6O2/c7-3-2-8-11-6(3)4-1-5(10-9-4)12(13)14/h1-2H,7H2,(H,8,11)(H,9,10). The second-order valence-corrected chi connectivity index (χ2v) is 2.60. The zero-order valence-electron chi connectivity index (χ0n) is 6.89. The summed E-state index contributed by atoms with van der Waals surface area (Å²) in [5.41, 5.74) is 6.77. The van der Waals surface area contributed by atoms with Gasteiger partial charge in [0.2, 0.25) is 0 Å². The predicted octanol–water partition coefficient (Wildman–Crippen LogP) is 0.290. The Kier molecular flexibility index (Phi) is 1.67. The molecular formula is C6H6N6O2. The molecule has 0 fully saturated rings. The highest BCUT2D eigenvalue weighted by molar-refractivity contribution is 5.69. The summed E-state index contributed by atoms with van der Waals surface area (Å²) < 4.78 is 0. The summed E-state index contributed by atoms with van der Waals surface area (Å²) >= 11 is 0. The van der Waals surface area contributed by atoms with E-state index in [2.05, 4.69) is 20.4 Å². The van der Waals surface area contributed by atoms with Crippen molar-refractivity contribution in [2.45, 2.75) is 0 Å². The molecule has 14 heavy (non-hydrogen) atoms. The average Bonchev–Trinajstić information content (AvgIpc) is 2.71. The summed E-state index contributed by atoms with van der Waals surface area (Å²) in [6, 6.07) is 1.28. The lowest BCUT2D eigenvalue weighted by Crippen LogP contribution is -1.86. The Morgan fingerprint density at radius 1 is 1.50 bits per heavy atom. The van der Waals surface area contributed by atoms with Gasteiger partial charge in [0.15, 0.2) is 0 Å². The number of hydrogen-bond donors (Lipinski definition) is 3. The molecule has 0 amide bonds. The quantitative estimate of drug-likeness (QED) is 0.467. The number of aromatic amines is 2. The number of nitrogen functional groups attached to an aromatic ring is 1. The van der Waals surface area contributed by atoms with Crippen LogP contribution in [0.4, 0.5) is 11.5 Å². The first-order valence-electron chi connectivity index (χ1n) is 3.67. The lowest BCUT2D eigenvalue weighted by Gasteiger charge is -1.88. The summed E-state index contributed by atoms with van der Waals surface area (Å²) in [4.78, 5) is 9.78. The largest absolute Gasteiger partial charge is 0.396 e. The number of aromatic nitrogens is 4. The van der Waals surface area contributed by atoms with Gasteiger partial charge in [-0.1, -0.05) is 5.10 Å². The molecule has 8 nitrogen and oxygen atoms in total. The molecular weight excluding hydrogens is 188 g/mol. The van der Waals surface area contributed by atoms with Crippen LogP contribution in [0.5, 0.6) is 0 Å². The highest BCUT2D eigenvalue weighted by atomic mass is 16.6. The Hall–Kier alpha value is -2.38. The summed E-state index contributed by atoms with van der Waals surface area (Å²) in [7, 11) is 0. The van der Waals surface area contributed by atoms with Crippen molar-refractivity contribution < 1.29 is 4.92 Å². The monoisotopic (exact) mass is 194 g/mol. The molecule has 0 saturated carbocycles. The number of nitrogens with zero attached hydrogens (tertiary/aromatic N) is 3.